The Morgan fingerprint density at radius 2 is 2.29 bits per heavy atom. The van der Waals surface area contributed by atoms with Crippen LogP contribution in [0.25, 0.3) is 5.65 Å². The smallest absolute Gasteiger partial charge is 0.348 e. The minimum absolute atomic E-state index is 0.260. The van der Waals surface area contributed by atoms with E-state index < -0.39 is 0 Å². The first-order valence-corrected chi connectivity index (χ1v) is 7.64. The second kappa shape index (κ2) is 5.85. The molecule has 114 valence electrons. The van der Waals surface area contributed by atoms with Gasteiger partial charge in [-0.15, -0.1) is 0 Å². The third kappa shape index (κ3) is 2.53. The summed E-state index contributed by atoms with van der Waals surface area (Å²) in [5.74, 6) is 1.38. The molecule has 2 unspecified atom stereocenters. The maximum atomic E-state index is 11.5. The Balaban J connectivity index is 1.94. The van der Waals surface area contributed by atoms with Crippen LogP contribution in [-0.2, 0) is 0 Å². The lowest BCUT2D eigenvalue weighted by Gasteiger charge is -2.39. The highest BCUT2D eigenvalue weighted by molar-refractivity contribution is 5.50. The Morgan fingerprint density at radius 3 is 3.05 bits per heavy atom. The van der Waals surface area contributed by atoms with Crippen LogP contribution in [0.15, 0.2) is 17.2 Å². The summed E-state index contributed by atoms with van der Waals surface area (Å²) in [5.41, 5.74) is 6.29. The number of aromatic nitrogens is 4. The molecule has 0 amide bonds. The molecule has 7 nitrogen and oxygen atoms in total. The molecule has 1 aliphatic carbocycles. The van der Waals surface area contributed by atoms with Crippen LogP contribution in [0.2, 0.25) is 0 Å². The molecular weight excluding hydrogens is 268 g/mol. The predicted molar refractivity (Wildman–Crippen MR) is 81.4 cm³/mol. The summed E-state index contributed by atoms with van der Waals surface area (Å²) in [6.45, 7) is 3.72. The fourth-order valence-corrected chi connectivity index (χ4v) is 3.40. The van der Waals surface area contributed by atoms with Crippen molar-refractivity contribution in [2.45, 2.75) is 38.6 Å². The number of aromatic amines is 1. The maximum absolute atomic E-state index is 11.5. The molecule has 0 aromatic carbocycles. The zero-order valence-electron chi connectivity index (χ0n) is 12.3. The van der Waals surface area contributed by atoms with Gasteiger partial charge in [0.2, 0.25) is 0 Å². The number of anilines is 1. The molecule has 0 spiro atoms. The van der Waals surface area contributed by atoms with Crippen molar-refractivity contribution in [3.63, 3.8) is 0 Å². The van der Waals surface area contributed by atoms with Gasteiger partial charge in [0.1, 0.15) is 12.1 Å². The van der Waals surface area contributed by atoms with Crippen molar-refractivity contribution in [2.75, 3.05) is 18.0 Å². The fourth-order valence-electron chi connectivity index (χ4n) is 3.40. The van der Waals surface area contributed by atoms with Crippen LogP contribution in [0.5, 0.6) is 0 Å². The maximum Gasteiger partial charge on any atom is 0.348 e. The van der Waals surface area contributed by atoms with Gasteiger partial charge in [0.05, 0.1) is 0 Å². The van der Waals surface area contributed by atoms with Crippen LogP contribution < -0.4 is 16.3 Å². The van der Waals surface area contributed by atoms with E-state index in [0.29, 0.717) is 24.2 Å². The molecule has 21 heavy (non-hydrogen) atoms. The van der Waals surface area contributed by atoms with Crippen molar-refractivity contribution in [2.24, 2.45) is 11.7 Å². The second-order valence-electron chi connectivity index (χ2n) is 5.64. The van der Waals surface area contributed by atoms with Gasteiger partial charge >= 0.3 is 5.69 Å². The zero-order valence-corrected chi connectivity index (χ0v) is 12.3. The molecule has 1 saturated carbocycles. The molecule has 2 aromatic heterocycles. The molecule has 7 heteroatoms. The average Bonchev–Trinajstić information content (AvgIpc) is 2.89. The van der Waals surface area contributed by atoms with Crippen molar-refractivity contribution >= 4 is 11.5 Å². The molecule has 2 atom stereocenters. The Hall–Kier alpha value is -1.89. The SMILES string of the molecule is CCN(c1cc2n[nH]c(=O)n2cn1)C1CCCCC1CN. The molecule has 0 aliphatic heterocycles. The molecule has 0 saturated heterocycles. The van der Waals surface area contributed by atoms with Crippen LogP contribution in [-0.4, -0.2) is 38.7 Å². The Morgan fingerprint density at radius 1 is 1.48 bits per heavy atom. The quantitative estimate of drug-likeness (QED) is 0.867. The van der Waals surface area contributed by atoms with Crippen LogP contribution in [0.1, 0.15) is 32.6 Å². The second-order valence-corrected chi connectivity index (χ2v) is 5.64. The summed E-state index contributed by atoms with van der Waals surface area (Å²) in [4.78, 5) is 18.2. The standard InChI is InChI=1S/C14H22N6O/c1-2-19(11-6-4-3-5-10(11)8-15)12-7-13-17-18-14(21)20(13)9-16-12/h7,9-11H,2-6,8,15H2,1H3,(H,18,21). The van der Waals surface area contributed by atoms with Gasteiger partial charge in [0.15, 0.2) is 5.65 Å². The molecule has 2 heterocycles. The van der Waals surface area contributed by atoms with E-state index in [2.05, 4.69) is 27.0 Å². The summed E-state index contributed by atoms with van der Waals surface area (Å²) >= 11 is 0. The Bertz CT molecular complexity index is 663. The number of nitrogens with two attached hydrogens (primary N) is 1. The zero-order chi connectivity index (χ0) is 14.8. The Labute approximate surface area is 123 Å². The van der Waals surface area contributed by atoms with Crippen molar-refractivity contribution in [1.82, 2.24) is 19.6 Å². The summed E-state index contributed by atoms with van der Waals surface area (Å²) in [7, 11) is 0. The predicted octanol–water partition coefficient (Wildman–Crippen LogP) is 0.761. The lowest BCUT2D eigenvalue weighted by molar-refractivity contribution is 0.299. The lowest BCUT2D eigenvalue weighted by atomic mass is 9.83. The number of rotatable bonds is 4. The monoisotopic (exact) mass is 290 g/mol. The largest absolute Gasteiger partial charge is 0.353 e. The van der Waals surface area contributed by atoms with Crippen LogP contribution in [0.4, 0.5) is 5.82 Å². The molecule has 1 aliphatic rings. The van der Waals surface area contributed by atoms with Gasteiger partial charge in [-0.25, -0.2) is 19.3 Å². The van der Waals surface area contributed by atoms with Gasteiger partial charge < -0.3 is 10.6 Å². The molecule has 3 N–H and O–H groups in total. The van der Waals surface area contributed by atoms with Gasteiger partial charge in [-0.1, -0.05) is 12.8 Å². The minimum atomic E-state index is -0.260. The lowest BCUT2D eigenvalue weighted by Crippen LogP contribution is -2.45. The number of H-pyrrole nitrogens is 1. The van der Waals surface area contributed by atoms with Gasteiger partial charge in [-0.2, -0.15) is 5.10 Å². The molecule has 0 radical (unpaired) electrons. The normalized spacial score (nSPS) is 22.6. The Kier molecular flexibility index (Phi) is 3.92. The van der Waals surface area contributed by atoms with Crippen molar-refractivity contribution in [3.05, 3.63) is 22.9 Å². The first-order valence-electron chi connectivity index (χ1n) is 7.64. The summed E-state index contributed by atoms with van der Waals surface area (Å²) in [5, 5.41) is 6.45. The number of hydrogen-bond acceptors (Lipinski definition) is 5. The molecule has 3 rings (SSSR count). The third-order valence-corrected chi connectivity index (χ3v) is 4.50. The molecule has 0 bridgehead atoms. The summed E-state index contributed by atoms with van der Waals surface area (Å²) in [6, 6.07) is 2.29. The van der Waals surface area contributed by atoms with Gasteiger partial charge in [0, 0.05) is 18.7 Å². The van der Waals surface area contributed by atoms with Gasteiger partial charge in [-0.3, -0.25) is 0 Å². The van der Waals surface area contributed by atoms with Gasteiger partial charge in [0.25, 0.3) is 0 Å². The van der Waals surface area contributed by atoms with Crippen molar-refractivity contribution in [1.29, 1.82) is 0 Å². The highest BCUT2D eigenvalue weighted by Gasteiger charge is 2.29. The summed E-state index contributed by atoms with van der Waals surface area (Å²) in [6.07, 6.45) is 6.37. The first kappa shape index (κ1) is 14.1. The van der Waals surface area contributed by atoms with Crippen LogP contribution in [0.3, 0.4) is 0 Å². The molecule has 2 aromatic rings. The number of nitrogens with zero attached hydrogens (tertiary/aromatic N) is 4. The number of nitrogens with one attached hydrogen (secondary N) is 1. The summed E-state index contributed by atoms with van der Waals surface area (Å²) < 4.78 is 1.42. The van der Waals surface area contributed by atoms with E-state index in [4.69, 9.17) is 5.73 Å². The average molecular weight is 290 g/mol. The first-order chi connectivity index (χ1) is 10.2. The minimum Gasteiger partial charge on any atom is -0.353 e. The topological polar surface area (TPSA) is 92.3 Å². The fraction of sp³-hybridized carbons (Fsp3) is 0.643. The van der Waals surface area contributed by atoms with E-state index in [1.165, 1.54) is 23.7 Å². The molecular formula is C14H22N6O. The van der Waals surface area contributed by atoms with Crippen molar-refractivity contribution < 1.29 is 0 Å². The van der Waals surface area contributed by atoms with Crippen molar-refractivity contribution in [3.8, 4) is 0 Å². The van der Waals surface area contributed by atoms with E-state index in [1.807, 2.05) is 6.07 Å². The highest BCUT2D eigenvalue weighted by Crippen LogP contribution is 2.30. The number of fused-ring (bicyclic) bond motifs is 1. The van der Waals surface area contributed by atoms with E-state index in [1.54, 1.807) is 6.33 Å². The molecule has 1 fully saturated rings. The van der Waals surface area contributed by atoms with Gasteiger partial charge in [-0.05, 0) is 32.2 Å². The highest BCUT2D eigenvalue weighted by atomic mass is 16.1. The van der Waals surface area contributed by atoms with E-state index >= 15 is 0 Å². The van der Waals surface area contributed by atoms with Crippen LogP contribution >= 0.6 is 0 Å². The van der Waals surface area contributed by atoms with E-state index in [-0.39, 0.29) is 5.69 Å². The van der Waals surface area contributed by atoms with Crippen LogP contribution in [0, 0.1) is 5.92 Å². The number of hydrogen-bond donors (Lipinski definition) is 2. The third-order valence-electron chi connectivity index (χ3n) is 4.50. The van der Waals surface area contributed by atoms with E-state index in [0.717, 1.165) is 18.8 Å². The van der Waals surface area contributed by atoms with E-state index in [9.17, 15) is 4.79 Å².